The van der Waals surface area contributed by atoms with Crippen molar-refractivity contribution in [2.24, 2.45) is 0 Å². The van der Waals surface area contributed by atoms with Crippen LogP contribution in [0.25, 0.3) is 0 Å². The molecular formula is C12H14BrF3N2. The maximum Gasteiger partial charge on any atom is 0.175 e. The lowest BCUT2D eigenvalue weighted by atomic mass is 10.1. The molecule has 6 heteroatoms. The zero-order valence-electron chi connectivity index (χ0n) is 9.78. The number of benzene rings is 1. The number of hydrogen-bond donors (Lipinski definition) is 1. The summed E-state index contributed by atoms with van der Waals surface area (Å²) in [5.74, 6) is -2.89. The third-order valence-electron chi connectivity index (χ3n) is 3.08. The number of nitrogens with zero attached hydrogens (tertiary/aromatic N) is 1. The second-order valence-corrected chi connectivity index (χ2v) is 5.09. The molecule has 0 aromatic heterocycles. The lowest BCUT2D eigenvalue weighted by Gasteiger charge is -2.27. The smallest absolute Gasteiger partial charge is 0.175 e. The van der Waals surface area contributed by atoms with Crippen molar-refractivity contribution in [3.05, 3.63) is 33.6 Å². The molecule has 0 atom stereocenters. The third kappa shape index (κ3) is 3.05. The summed E-state index contributed by atoms with van der Waals surface area (Å²) >= 11 is 2.73. The van der Waals surface area contributed by atoms with Gasteiger partial charge in [0.2, 0.25) is 0 Å². The Morgan fingerprint density at radius 1 is 1.17 bits per heavy atom. The van der Waals surface area contributed by atoms with Gasteiger partial charge in [-0.2, -0.15) is 0 Å². The van der Waals surface area contributed by atoms with Crippen molar-refractivity contribution in [3.8, 4) is 0 Å². The van der Waals surface area contributed by atoms with E-state index in [-0.39, 0.29) is 5.56 Å². The van der Waals surface area contributed by atoms with E-state index in [0.717, 1.165) is 32.2 Å². The molecule has 0 amide bonds. The van der Waals surface area contributed by atoms with Gasteiger partial charge in [0.05, 0.1) is 4.47 Å². The summed E-state index contributed by atoms with van der Waals surface area (Å²) in [6.45, 7) is 4.25. The Bertz CT molecular complexity index is 434. The Hall–Kier alpha value is -0.590. The second-order valence-electron chi connectivity index (χ2n) is 4.30. The molecule has 1 aliphatic rings. The summed E-state index contributed by atoms with van der Waals surface area (Å²) < 4.78 is 39.6. The number of halogens is 4. The maximum atomic E-state index is 13.7. The summed E-state index contributed by atoms with van der Waals surface area (Å²) in [7, 11) is 0. The van der Waals surface area contributed by atoms with E-state index in [1.54, 1.807) is 0 Å². The van der Waals surface area contributed by atoms with E-state index in [2.05, 4.69) is 26.1 Å². The molecule has 100 valence electrons. The first-order valence-corrected chi connectivity index (χ1v) is 6.64. The molecule has 0 unspecified atom stereocenters. The van der Waals surface area contributed by atoms with Crippen molar-refractivity contribution in [3.63, 3.8) is 0 Å². The van der Waals surface area contributed by atoms with Crippen molar-refractivity contribution in [1.82, 2.24) is 10.2 Å². The molecule has 1 N–H and O–H groups in total. The molecule has 0 saturated carbocycles. The van der Waals surface area contributed by atoms with Gasteiger partial charge in [0.1, 0.15) is 5.82 Å². The van der Waals surface area contributed by atoms with Crippen LogP contribution in [-0.4, -0.2) is 37.6 Å². The molecule has 1 fully saturated rings. The van der Waals surface area contributed by atoms with E-state index >= 15 is 0 Å². The fourth-order valence-electron chi connectivity index (χ4n) is 2.02. The van der Waals surface area contributed by atoms with E-state index in [1.807, 2.05) is 0 Å². The molecule has 1 aliphatic heterocycles. The predicted molar refractivity (Wildman–Crippen MR) is 67.0 cm³/mol. The first kappa shape index (κ1) is 13.8. The molecule has 0 radical (unpaired) electrons. The Kier molecular flexibility index (Phi) is 4.64. The summed E-state index contributed by atoms with van der Waals surface area (Å²) in [4.78, 5) is 2.17. The minimum Gasteiger partial charge on any atom is -0.314 e. The molecule has 1 aromatic carbocycles. The van der Waals surface area contributed by atoms with Crippen molar-refractivity contribution >= 4 is 15.9 Å². The summed E-state index contributed by atoms with van der Waals surface area (Å²) in [6.07, 6.45) is 0.377. The molecule has 1 saturated heterocycles. The Labute approximate surface area is 112 Å². The van der Waals surface area contributed by atoms with Gasteiger partial charge in [0.15, 0.2) is 11.6 Å². The average molecular weight is 323 g/mol. The van der Waals surface area contributed by atoms with Crippen LogP contribution in [0.15, 0.2) is 10.5 Å². The minimum atomic E-state index is -1.17. The van der Waals surface area contributed by atoms with E-state index in [1.165, 1.54) is 0 Å². The number of nitrogens with one attached hydrogen (secondary N) is 1. The lowest BCUT2D eigenvalue weighted by Crippen LogP contribution is -2.44. The molecule has 2 rings (SSSR count). The second kappa shape index (κ2) is 6.04. The van der Waals surface area contributed by atoms with E-state index in [0.29, 0.717) is 13.0 Å². The molecular weight excluding hydrogens is 309 g/mol. The Balaban J connectivity index is 2.05. The quantitative estimate of drug-likeness (QED) is 0.678. The van der Waals surface area contributed by atoms with Crippen molar-refractivity contribution in [1.29, 1.82) is 0 Å². The van der Waals surface area contributed by atoms with Crippen LogP contribution in [0.3, 0.4) is 0 Å². The zero-order chi connectivity index (χ0) is 13.1. The summed E-state index contributed by atoms with van der Waals surface area (Å²) in [6, 6.07) is 0.942. The molecule has 0 aliphatic carbocycles. The van der Waals surface area contributed by atoms with E-state index in [9.17, 15) is 13.2 Å². The molecule has 18 heavy (non-hydrogen) atoms. The molecule has 1 heterocycles. The maximum absolute atomic E-state index is 13.7. The van der Waals surface area contributed by atoms with Crippen LogP contribution >= 0.6 is 15.9 Å². The SMILES string of the molecule is Fc1cc(CCN2CCNCC2)c(F)c(Br)c1F. The number of rotatable bonds is 3. The van der Waals surface area contributed by atoms with Crippen LogP contribution in [0.1, 0.15) is 5.56 Å². The Morgan fingerprint density at radius 3 is 2.50 bits per heavy atom. The van der Waals surface area contributed by atoms with Crippen molar-refractivity contribution in [2.45, 2.75) is 6.42 Å². The van der Waals surface area contributed by atoms with Crippen LogP contribution in [0.2, 0.25) is 0 Å². The number of piperazine rings is 1. The molecule has 0 bridgehead atoms. The Morgan fingerprint density at radius 2 is 1.83 bits per heavy atom. The first-order chi connectivity index (χ1) is 8.59. The third-order valence-corrected chi connectivity index (χ3v) is 3.78. The van der Waals surface area contributed by atoms with Crippen LogP contribution in [0.4, 0.5) is 13.2 Å². The van der Waals surface area contributed by atoms with E-state index in [4.69, 9.17) is 0 Å². The van der Waals surface area contributed by atoms with Crippen LogP contribution in [0.5, 0.6) is 0 Å². The lowest BCUT2D eigenvalue weighted by molar-refractivity contribution is 0.243. The van der Waals surface area contributed by atoms with Gasteiger partial charge >= 0.3 is 0 Å². The van der Waals surface area contributed by atoms with Gasteiger partial charge in [0, 0.05) is 32.7 Å². The average Bonchev–Trinajstić information content (AvgIpc) is 2.40. The van der Waals surface area contributed by atoms with E-state index < -0.39 is 21.9 Å². The van der Waals surface area contributed by atoms with Gasteiger partial charge in [-0.05, 0) is 34.0 Å². The summed E-state index contributed by atoms with van der Waals surface area (Å²) in [5.41, 5.74) is 0.208. The topological polar surface area (TPSA) is 15.3 Å². The van der Waals surface area contributed by atoms with Gasteiger partial charge in [-0.1, -0.05) is 0 Å². The number of hydrogen-bond acceptors (Lipinski definition) is 2. The fourth-order valence-corrected chi connectivity index (χ4v) is 2.46. The minimum absolute atomic E-state index is 0.208. The normalized spacial score (nSPS) is 17.1. The highest BCUT2D eigenvalue weighted by molar-refractivity contribution is 9.10. The van der Waals surface area contributed by atoms with Crippen molar-refractivity contribution in [2.75, 3.05) is 32.7 Å². The van der Waals surface area contributed by atoms with Gasteiger partial charge in [-0.25, -0.2) is 13.2 Å². The molecule has 1 aromatic rings. The van der Waals surface area contributed by atoms with Crippen LogP contribution < -0.4 is 5.32 Å². The molecule has 0 spiro atoms. The van der Waals surface area contributed by atoms with Gasteiger partial charge in [0.25, 0.3) is 0 Å². The highest BCUT2D eigenvalue weighted by Crippen LogP contribution is 2.25. The van der Waals surface area contributed by atoms with Crippen LogP contribution in [0, 0.1) is 17.5 Å². The monoisotopic (exact) mass is 322 g/mol. The fraction of sp³-hybridized carbons (Fsp3) is 0.500. The van der Waals surface area contributed by atoms with Crippen LogP contribution in [-0.2, 0) is 6.42 Å². The highest BCUT2D eigenvalue weighted by Gasteiger charge is 2.17. The highest BCUT2D eigenvalue weighted by atomic mass is 79.9. The summed E-state index contributed by atoms with van der Waals surface area (Å²) in [5, 5.41) is 3.22. The van der Waals surface area contributed by atoms with Gasteiger partial charge in [-0.15, -0.1) is 0 Å². The predicted octanol–water partition coefficient (Wildman–Crippen LogP) is 2.31. The largest absolute Gasteiger partial charge is 0.314 e. The molecule has 2 nitrogen and oxygen atoms in total. The van der Waals surface area contributed by atoms with Crippen molar-refractivity contribution < 1.29 is 13.2 Å². The van der Waals surface area contributed by atoms with Gasteiger partial charge in [-0.3, -0.25) is 0 Å². The standard InChI is InChI=1S/C12H14BrF3N2/c13-10-11(15)8(7-9(14)12(10)16)1-4-18-5-2-17-3-6-18/h7,17H,1-6H2. The first-order valence-electron chi connectivity index (χ1n) is 5.84. The van der Waals surface area contributed by atoms with Gasteiger partial charge < -0.3 is 10.2 Å². The zero-order valence-corrected chi connectivity index (χ0v) is 11.4.